The molecule has 0 aliphatic heterocycles. The molecule has 0 spiro atoms. The Morgan fingerprint density at radius 2 is 1.62 bits per heavy atom. The number of hydrogen-bond acceptors (Lipinski definition) is 2. The van der Waals surface area contributed by atoms with E-state index in [1.807, 2.05) is 43.3 Å². The van der Waals surface area contributed by atoms with E-state index >= 15 is 0 Å². The van der Waals surface area contributed by atoms with Gasteiger partial charge in [0.15, 0.2) is 6.29 Å². The maximum atomic E-state index is 11.3. The van der Waals surface area contributed by atoms with Crippen LogP contribution in [0.1, 0.15) is 27.8 Å². The van der Waals surface area contributed by atoms with Crippen LogP contribution in [0.2, 0.25) is 0 Å². The highest BCUT2D eigenvalue weighted by Gasteiger charge is 2.08. The largest absolute Gasteiger partial charge is 0.464 e. The van der Waals surface area contributed by atoms with E-state index in [4.69, 9.17) is 4.74 Å². The normalized spacial score (nSPS) is 11.3. The number of carbonyl (C=O) groups excluding carboxylic acids is 1. The second-order valence-corrected chi connectivity index (χ2v) is 5.24. The lowest BCUT2D eigenvalue weighted by Gasteiger charge is -2.13. The summed E-state index contributed by atoms with van der Waals surface area (Å²) >= 11 is 0. The van der Waals surface area contributed by atoms with Crippen molar-refractivity contribution in [3.8, 4) is 5.75 Å². The van der Waals surface area contributed by atoms with Crippen molar-refractivity contribution in [3.63, 3.8) is 0 Å². The van der Waals surface area contributed by atoms with Crippen molar-refractivity contribution >= 4 is 11.9 Å². The Hall–Kier alpha value is -2.35. The van der Waals surface area contributed by atoms with Gasteiger partial charge in [0, 0.05) is 0 Å². The molecule has 0 fully saturated rings. The van der Waals surface area contributed by atoms with Crippen LogP contribution in [-0.4, -0.2) is 6.29 Å². The van der Waals surface area contributed by atoms with Gasteiger partial charge >= 0.3 is 0 Å². The zero-order valence-corrected chi connectivity index (χ0v) is 12.9. The van der Waals surface area contributed by atoms with Gasteiger partial charge in [-0.05, 0) is 61.6 Å². The molecule has 0 heterocycles. The number of rotatable bonds is 4. The zero-order valence-electron chi connectivity index (χ0n) is 12.9. The second-order valence-electron chi connectivity index (χ2n) is 5.24. The predicted octanol–water partition coefficient (Wildman–Crippen LogP) is 4.54. The molecule has 0 amide bonds. The molecule has 0 saturated heterocycles. The number of allylic oxidation sites excluding steroid dienone is 1. The van der Waals surface area contributed by atoms with Crippen LogP contribution < -0.4 is 4.74 Å². The van der Waals surface area contributed by atoms with Crippen LogP contribution in [-0.2, 0) is 4.79 Å². The standard InChI is InChI=1S/C19H20O2/c1-13-10-19(16(4)15(3)14(13)2)21-12-18(11-20)17-8-6-5-7-9-17/h5-12H,1-4H3/b18-12+. The molecule has 0 saturated carbocycles. The minimum atomic E-state index is 0.533. The molecule has 0 atom stereocenters. The van der Waals surface area contributed by atoms with Crippen molar-refractivity contribution in [2.45, 2.75) is 27.7 Å². The molecule has 0 radical (unpaired) electrons. The number of aldehydes is 1. The molecule has 2 rings (SSSR count). The van der Waals surface area contributed by atoms with Crippen LogP contribution in [0.25, 0.3) is 5.57 Å². The maximum Gasteiger partial charge on any atom is 0.153 e. The first-order valence-corrected chi connectivity index (χ1v) is 6.99. The number of carbonyl (C=O) groups is 1. The van der Waals surface area contributed by atoms with Crippen LogP contribution >= 0.6 is 0 Å². The third-order valence-corrected chi connectivity index (χ3v) is 3.98. The summed E-state index contributed by atoms with van der Waals surface area (Å²) in [6.45, 7) is 8.30. The Morgan fingerprint density at radius 3 is 2.24 bits per heavy atom. The SMILES string of the molecule is Cc1cc(O/C=C(\C=O)c2ccccc2)c(C)c(C)c1C. The zero-order chi connectivity index (χ0) is 15.4. The first-order valence-electron chi connectivity index (χ1n) is 6.99. The number of aryl methyl sites for hydroxylation is 1. The first-order chi connectivity index (χ1) is 10.0. The van der Waals surface area contributed by atoms with Gasteiger partial charge in [0.05, 0.1) is 5.57 Å². The van der Waals surface area contributed by atoms with Gasteiger partial charge in [-0.1, -0.05) is 30.3 Å². The van der Waals surface area contributed by atoms with Crippen molar-refractivity contribution in [3.05, 3.63) is 70.5 Å². The molecule has 0 bridgehead atoms. The Morgan fingerprint density at radius 1 is 0.952 bits per heavy atom. The summed E-state index contributed by atoms with van der Waals surface area (Å²) in [7, 11) is 0. The molecule has 2 aromatic rings. The summed E-state index contributed by atoms with van der Waals surface area (Å²) in [6, 6.07) is 11.5. The number of benzene rings is 2. The van der Waals surface area contributed by atoms with Gasteiger partial charge in [0.2, 0.25) is 0 Å². The molecule has 108 valence electrons. The van der Waals surface area contributed by atoms with Crippen LogP contribution in [0.5, 0.6) is 5.75 Å². The summed E-state index contributed by atoms with van der Waals surface area (Å²) < 4.78 is 5.77. The van der Waals surface area contributed by atoms with Gasteiger partial charge in [0.1, 0.15) is 12.0 Å². The lowest BCUT2D eigenvalue weighted by molar-refractivity contribution is -0.103. The fourth-order valence-corrected chi connectivity index (χ4v) is 2.22. The van der Waals surface area contributed by atoms with E-state index < -0.39 is 0 Å². The molecule has 2 aromatic carbocycles. The van der Waals surface area contributed by atoms with Crippen molar-refractivity contribution in [1.29, 1.82) is 0 Å². The molecular weight excluding hydrogens is 260 g/mol. The fraction of sp³-hybridized carbons (Fsp3) is 0.211. The van der Waals surface area contributed by atoms with Gasteiger partial charge in [-0.3, -0.25) is 4.79 Å². The van der Waals surface area contributed by atoms with E-state index in [9.17, 15) is 4.79 Å². The monoisotopic (exact) mass is 280 g/mol. The van der Waals surface area contributed by atoms with Crippen LogP contribution in [0.3, 0.4) is 0 Å². The van der Waals surface area contributed by atoms with Crippen molar-refractivity contribution < 1.29 is 9.53 Å². The van der Waals surface area contributed by atoms with Crippen molar-refractivity contribution in [1.82, 2.24) is 0 Å². The molecule has 0 unspecified atom stereocenters. The van der Waals surface area contributed by atoms with E-state index in [0.717, 1.165) is 23.2 Å². The highest BCUT2D eigenvalue weighted by molar-refractivity contribution is 6.06. The van der Waals surface area contributed by atoms with E-state index in [1.54, 1.807) is 0 Å². The van der Waals surface area contributed by atoms with Crippen molar-refractivity contribution in [2.75, 3.05) is 0 Å². The van der Waals surface area contributed by atoms with Gasteiger partial charge in [-0.15, -0.1) is 0 Å². The van der Waals surface area contributed by atoms with Gasteiger partial charge in [0.25, 0.3) is 0 Å². The molecule has 0 aliphatic carbocycles. The summed E-state index contributed by atoms with van der Waals surface area (Å²) in [5.41, 5.74) is 6.19. The summed E-state index contributed by atoms with van der Waals surface area (Å²) in [5.74, 6) is 0.797. The Kier molecular flexibility index (Phi) is 4.59. The highest BCUT2D eigenvalue weighted by atomic mass is 16.5. The molecule has 0 N–H and O–H groups in total. The molecule has 21 heavy (non-hydrogen) atoms. The van der Waals surface area contributed by atoms with E-state index in [0.29, 0.717) is 5.57 Å². The third kappa shape index (κ3) is 3.22. The van der Waals surface area contributed by atoms with Crippen molar-refractivity contribution in [2.24, 2.45) is 0 Å². The van der Waals surface area contributed by atoms with Crippen LogP contribution in [0, 0.1) is 27.7 Å². The Bertz CT molecular complexity index is 682. The smallest absolute Gasteiger partial charge is 0.153 e. The van der Waals surface area contributed by atoms with Gasteiger partial charge in [-0.25, -0.2) is 0 Å². The Balaban J connectivity index is 2.34. The van der Waals surface area contributed by atoms with Crippen LogP contribution in [0.4, 0.5) is 0 Å². The fourth-order valence-electron chi connectivity index (χ4n) is 2.22. The molecule has 0 aromatic heterocycles. The predicted molar refractivity (Wildman–Crippen MR) is 86.5 cm³/mol. The average Bonchev–Trinajstić information content (AvgIpc) is 2.51. The molecular formula is C19H20O2. The van der Waals surface area contributed by atoms with Gasteiger partial charge in [-0.2, -0.15) is 0 Å². The minimum Gasteiger partial charge on any atom is -0.464 e. The topological polar surface area (TPSA) is 26.3 Å². The summed E-state index contributed by atoms with van der Waals surface area (Å²) in [5, 5.41) is 0. The Labute approximate surface area is 126 Å². The number of ether oxygens (including phenoxy) is 1. The molecule has 2 nitrogen and oxygen atoms in total. The summed E-state index contributed by atoms with van der Waals surface area (Å²) in [4.78, 5) is 11.3. The number of hydrogen-bond donors (Lipinski definition) is 0. The van der Waals surface area contributed by atoms with Gasteiger partial charge < -0.3 is 4.74 Å². The highest BCUT2D eigenvalue weighted by Crippen LogP contribution is 2.27. The van der Waals surface area contributed by atoms with E-state index in [2.05, 4.69) is 20.8 Å². The molecule has 2 heteroatoms. The van der Waals surface area contributed by atoms with E-state index in [-0.39, 0.29) is 0 Å². The summed E-state index contributed by atoms with van der Waals surface area (Å²) in [6.07, 6.45) is 2.34. The third-order valence-electron chi connectivity index (χ3n) is 3.98. The lowest BCUT2D eigenvalue weighted by atomic mass is 9.99. The average molecular weight is 280 g/mol. The molecule has 0 aliphatic rings. The second kappa shape index (κ2) is 6.40. The quantitative estimate of drug-likeness (QED) is 0.467. The van der Waals surface area contributed by atoms with Crippen LogP contribution in [0.15, 0.2) is 42.7 Å². The maximum absolute atomic E-state index is 11.3. The lowest BCUT2D eigenvalue weighted by Crippen LogP contribution is -1.97. The minimum absolute atomic E-state index is 0.533. The first kappa shape index (κ1) is 15.0. The van der Waals surface area contributed by atoms with E-state index in [1.165, 1.54) is 23.0 Å².